The number of hydrogen-bond acceptors (Lipinski definition) is 3. The first-order valence-electron chi connectivity index (χ1n) is 7.71. The molecule has 3 nitrogen and oxygen atoms in total. The molecule has 3 aliphatic rings. The van der Waals surface area contributed by atoms with Crippen LogP contribution in [-0.2, 0) is 21.8 Å². The molecule has 22 heavy (non-hydrogen) atoms. The second-order valence-corrected chi connectivity index (χ2v) is 5.48. The van der Waals surface area contributed by atoms with Crippen LogP contribution in [0.3, 0.4) is 0 Å². The fourth-order valence-electron chi connectivity index (χ4n) is 2.69. The quantitative estimate of drug-likeness (QED) is 0.777. The minimum Gasteiger partial charge on any atom is -0.383 e. The molecule has 1 N–H and O–H groups in total. The normalized spacial score (nSPS) is 27.3. The van der Waals surface area contributed by atoms with E-state index in [-0.39, 0.29) is 17.1 Å². The van der Waals surface area contributed by atoms with Gasteiger partial charge in [0.05, 0.1) is 6.61 Å². The van der Waals surface area contributed by atoms with Crippen molar-refractivity contribution in [2.45, 2.75) is 31.8 Å². The van der Waals surface area contributed by atoms with Crippen LogP contribution in [0.5, 0.6) is 0 Å². The molecule has 0 spiro atoms. The maximum Gasteiger partial charge on any atom is 0.0632 e. The van der Waals surface area contributed by atoms with Gasteiger partial charge in [-0.1, -0.05) is 0 Å². The van der Waals surface area contributed by atoms with Crippen molar-refractivity contribution >= 4 is 0 Å². The Morgan fingerprint density at radius 1 is 1.14 bits per heavy atom. The van der Waals surface area contributed by atoms with Crippen LogP contribution >= 0.6 is 0 Å². The molecule has 3 rings (SSSR count). The average molecular weight is 342 g/mol. The van der Waals surface area contributed by atoms with Crippen molar-refractivity contribution in [3.05, 3.63) is 63.7 Å². The fraction of sp³-hybridized carbons (Fsp3) is 0.444. The standard InChI is InChI=1S/C13H21N2O.C5H5.Fe/c1-11(12-6-3-4-7-12)14-15-9-5-8-13(15)10-16-2;1-2-4-5-3-1;/h3-4,6-7,11,13-14H,5,8-10H2,1-2H3;1-5H;/t11-,13+;;/m1../s1. The Balaban J connectivity index is 0.000000344. The predicted octanol–water partition coefficient (Wildman–Crippen LogP) is 2.41. The van der Waals surface area contributed by atoms with Gasteiger partial charge >= 0.3 is 0 Å². The summed E-state index contributed by atoms with van der Waals surface area (Å²) in [4.78, 5) is 0. The van der Waals surface area contributed by atoms with Gasteiger partial charge in [-0.25, -0.2) is 5.01 Å². The van der Waals surface area contributed by atoms with E-state index in [2.05, 4.69) is 43.0 Å². The summed E-state index contributed by atoms with van der Waals surface area (Å²) >= 11 is 0. The topological polar surface area (TPSA) is 24.5 Å². The van der Waals surface area contributed by atoms with Crippen LogP contribution < -0.4 is 5.43 Å². The van der Waals surface area contributed by atoms with Crippen LogP contribution in [0.4, 0.5) is 0 Å². The zero-order chi connectivity index (χ0) is 14.9. The van der Waals surface area contributed by atoms with Gasteiger partial charge in [0, 0.05) is 48.7 Å². The molecule has 0 bridgehead atoms. The zero-order valence-electron chi connectivity index (χ0n) is 13.4. The van der Waals surface area contributed by atoms with Gasteiger partial charge in [-0.05, 0) is 77.6 Å². The first kappa shape index (κ1) is 20.4. The van der Waals surface area contributed by atoms with Crippen LogP contribution in [0.15, 0.2) is 0 Å². The number of nitrogens with one attached hydrogen (secondary N) is 1. The van der Waals surface area contributed by atoms with Crippen molar-refractivity contribution in [1.29, 1.82) is 0 Å². The molecule has 0 aromatic heterocycles. The van der Waals surface area contributed by atoms with Crippen LogP contribution in [0, 0.1) is 63.7 Å². The Morgan fingerprint density at radius 2 is 1.73 bits per heavy atom. The van der Waals surface area contributed by atoms with Crippen molar-refractivity contribution in [3.63, 3.8) is 0 Å². The Kier molecular flexibility index (Phi) is 11.0. The predicted molar refractivity (Wildman–Crippen MR) is 86.1 cm³/mol. The summed E-state index contributed by atoms with van der Waals surface area (Å²) in [5, 5.41) is 2.33. The van der Waals surface area contributed by atoms with Crippen LogP contribution in [0.2, 0.25) is 0 Å². The van der Waals surface area contributed by atoms with Crippen LogP contribution in [-0.4, -0.2) is 37.4 Å². The molecular formula is C18H26FeN2O. The minimum absolute atomic E-state index is 0. The van der Waals surface area contributed by atoms with Gasteiger partial charge in [-0.15, -0.1) is 0 Å². The molecular weight excluding hydrogens is 316 g/mol. The molecule has 10 radical (unpaired) electrons. The molecule has 1 saturated heterocycles. The number of ether oxygens (including phenoxy) is 1. The van der Waals surface area contributed by atoms with E-state index in [1.54, 1.807) is 7.11 Å². The summed E-state index contributed by atoms with van der Waals surface area (Å²) in [5.41, 5.74) is 3.57. The third kappa shape index (κ3) is 6.88. The van der Waals surface area contributed by atoms with Gasteiger partial charge in [0.1, 0.15) is 0 Å². The molecule has 1 aliphatic heterocycles. The molecule has 0 unspecified atom stereocenters. The molecule has 1 heterocycles. The fourth-order valence-corrected chi connectivity index (χ4v) is 2.69. The van der Waals surface area contributed by atoms with Gasteiger partial charge in [0.15, 0.2) is 0 Å². The van der Waals surface area contributed by atoms with E-state index in [1.807, 2.05) is 32.1 Å². The van der Waals surface area contributed by atoms with Crippen molar-refractivity contribution < 1.29 is 21.8 Å². The van der Waals surface area contributed by atoms with Gasteiger partial charge in [-0.3, -0.25) is 5.43 Å². The van der Waals surface area contributed by atoms with E-state index in [4.69, 9.17) is 4.74 Å². The first-order chi connectivity index (χ1) is 10.3. The third-order valence-electron chi connectivity index (χ3n) is 3.84. The molecule has 0 amide bonds. The summed E-state index contributed by atoms with van der Waals surface area (Å²) in [6.07, 6.45) is 21.0. The van der Waals surface area contributed by atoms with E-state index < -0.39 is 0 Å². The monoisotopic (exact) mass is 342 g/mol. The number of rotatable bonds is 5. The van der Waals surface area contributed by atoms with E-state index >= 15 is 0 Å². The second-order valence-electron chi connectivity index (χ2n) is 5.48. The molecule has 2 aliphatic carbocycles. The molecule has 0 aromatic carbocycles. The maximum absolute atomic E-state index is 5.25. The Labute approximate surface area is 148 Å². The van der Waals surface area contributed by atoms with Gasteiger partial charge < -0.3 is 4.74 Å². The molecule has 2 saturated carbocycles. The van der Waals surface area contributed by atoms with E-state index in [1.165, 1.54) is 18.8 Å². The largest absolute Gasteiger partial charge is 0.383 e. The zero-order valence-corrected chi connectivity index (χ0v) is 14.5. The molecule has 122 valence electrons. The maximum atomic E-state index is 5.25. The van der Waals surface area contributed by atoms with Gasteiger partial charge in [0.25, 0.3) is 0 Å². The summed E-state index contributed by atoms with van der Waals surface area (Å²) in [7, 11) is 1.77. The van der Waals surface area contributed by atoms with Crippen molar-refractivity contribution in [1.82, 2.24) is 10.4 Å². The summed E-state index contributed by atoms with van der Waals surface area (Å²) in [6, 6.07) is 0.912. The van der Waals surface area contributed by atoms with Gasteiger partial charge in [0.2, 0.25) is 0 Å². The van der Waals surface area contributed by atoms with Crippen LogP contribution in [0.25, 0.3) is 0 Å². The van der Waals surface area contributed by atoms with E-state index in [0.29, 0.717) is 12.1 Å². The molecule has 2 atom stereocenters. The Hall–Kier alpha value is 0.399. The molecule has 3 fully saturated rings. The number of methoxy groups -OCH3 is 1. The second kappa shape index (κ2) is 11.9. The number of nitrogens with zero attached hydrogens (tertiary/aromatic N) is 1. The third-order valence-corrected chi connectivity index (χ3v) is 3.84. The van der Waals surface area contributed by atoms with E-state index in [9.17, 15) is 0 Å². The van der Waals surface area contributed by atoms with E-state index in [0.717, 1.165) is 13.2 Å². The van der Waals surface area contributed by atoms with Crippen molar-refractivity contribution in [2.24, 2.45) is 0 Å². The average Bonchev–Trinajstić information content (AvgIpc) is 3.25. The number of hydrogen-bond donors (Lipinski definition) is 1. The van der Waals surface area contributed by atoms with Crippen LogP contribution in [0.1, 0.15) is 19.8 Å². The summed E-state index contributed by atoms with van der Waals surface area (Å²) in [6.45, 7) is 4.15. The summed E-state index contributed by atoms with van der Waals surface area (Å²) in [5.74, 6) is 1.35. The first-order valence-corrected chi connectivity index (χ1v) is 7.71. The molecule has 0 aromatic rings. The Bertz CT molecular complexity index is 260. The number of hydrazine groups is 1. The summed E-state index contributed by atoms with van der Waals surface area (Å²) < 4.78 is 5.25. The smallest absolute Gasteiger partial charge is 0.0632 e. The van der Waals surface area contributed by atoms with Crippen molar-refractivity contribution in [2.75, 3.05) is 20.3 Å². The molecule has 4 heteroatoms. The Morgan fingerprint density at radius 3 is 2.27 bits per heavy atom. The van der Waals surface area contributed by atoms with Gasteiger partial charge in [-0.2, -0.15) is 0 Å². The SMILES string of the molecule is COC[C@@H]1CCCN1N[C@H](C)[C]1[CH][CH][CH][CH]1.[CH]1[CH][CH][CH][CH]1.[Fe]. The minimum atomic E-state index is 0. The van der Waals surface area contributed by atoms with Crippen molar-refractivity contribution in [3.8, 4) is 0 Å².